The van der Waals surface area contributed by atoms with Crippen LogP contribution >= 0.6 is 0 Å². The van der Waals surface area contributed by atoms with Gasteiger partial charge in [0.05, 0.1) is 6.26 Å². The number of carbonyl (C=O) groups excluding carboxylic acids is 1. The van der Waals surface area contributed by atoms with E-state index in [2.05, 4.69) is 18.0 Å². The lowest BCUT2D eigenvalue weighted by Gasteiger charge is -2.39. The molecule has 0 radical (unpaired) electrons. The van der Waals surface area contributed by atoms with Crippen LogP contribution in [0.5, 0.6) is 0 Å². The van der Waals surface area contributed by atoms with Crippen molar-refractivity contribution in [3.05, 3.63) is 60.4 Å². The van der Waals surface area contributed by atoms with Gasteiger partial charge < -0.3 is 14.4 Å². The van der Waals surface area contributed by atoms with E-state index in [1.165, 1.54) is 0 Å². The van der Waals surface area contributed by atoms with Gasteiger partial charge in [0, 0.05) is 43.2 Å². The van der Waals surface area contributed by atoms with E-state index in [1.807, 2.05) is 47.4 Å². The van der Waals surface area contributed by atoms with Crippen molar-refractivity contribution in [2.24, 2.45) is 0 Å². The monoisotopic (exact) mass is 364 g/mol. The Morgan fingerprint density at radius 1 is 1.15 bits per heavy atom. The molecule has 0 saturated carbocycles. The summed E-state index contributed by atoms with van der Waals surface area (Å²) in [4.78, 5) is 17.2. The molecule has 2 heterocycles. The number of aliphatic hydroxyl groups excluding tert-OH is 1. The average Bonchev–Trinajstić information content (AvgIpc) is 3.17. The van der Waals surface area contributed by atoms with Crippen LogP contribution in [0.1, 0.15) is 16.8 Å². The van der Waals surface area contributed by atoms with Crippen LogP contribution in [0.25, 0.3) is 22.1 Å². The first-order chi connectivity index (χ1) is 13.2. The number of aliphatic hydroxyl groups is 1. The lowest BCUT2D eigenvalue weighted by molar-refractivity contribution is 0.0500. The highest BCUT2D eigenvalue weighted by Gasteiger charge is 2.27. The van der Waals surface area contributed by atoms with Crippen molar-refractivity contribution >= 4 is 16.9 Å². The Bertz CT molecular complexity index is 949. The summed E-state index contributed by atoms with van der Waals surface area (Å²) in [5.41, 5.74) is 3.64. The van der Waals surface area contributed by atoms with Gasteiger partial charge in [0.1, 0.15) is 5.58 Å². The second kappa shape index (κ2) is 7.55. The van der Waals surface area contributed by atoms with Crippen molar-refractivity contribution in [1.82, 2.24) is 9.80 Å². The third-order valence-corrected chi connectivity index (χ3v) is 5.42. The Morgan fingerprint density at radius 2 is 2.00 bits per heavy atom. The number of rotatable bonds is 4. The molecule has 5 nitrogen and oxygen atoms in total. The summed E-state index contributed by atoms with van der Waals surface area (Å²) in [6.45, 7) is 2.33. The fourth-order valence-corrected chi connectivity index (χ4v) is 3.75. The fraction of sp³-hybridized carbons (Fsp3) is 0.318. The molecule has 1 fully saturated rings. The molecule has 1 N–H and O–H groups in total. The van der Waals surface area contributed by atoms with Crippen LogP contribution in [0, 0.1) is 0 Å². The third-order valence-electron chi connectivity index (χ3n) is 5.42. The number of hydrogen-bond donors (Lipinski definition) is 1. The fourth-order valence-electron chi connectivity index (χ4n) is 3.75. The molecule has 1 saturated heterocycles. The van der Waals surface area contributed by atoms with Crippen molar-refractivity contribution < 1.29 is 14.3 Å². The Labute approximate surface area is 158 Å². The zero-order valence-corrected chi connectivity index (χ0v) is 15.5. The van der Waals surface area contributed by atoms with E-state index < -0.39 is 0 Å². The Morgan fingerprint density at radius 3 is 2.85 bits per heavy atom. The van der Waals surface area contributed by atoms with Crippen LogP contribution < -0.4 is 0 Å². The van der Waals surface area contributed by atoms with Gasteiger partial charge in [0.15, 0.2) is 0 Å². The van der Waals surface area contributed by atoms with Crippen molar-refractivity contribution in [2.45, 2.75) is 12.5 Å². The summed E-state index contributed by atoms with van der Waals surface area (Å²) in [5, 5.41) is 10.3. The second-order valence-electron chi connectivity index (χ2n) is 7.15. The summed E-state index contributed by atoms with van der Waals surface area (Å²) in [6, 6.07) is 16.0. The Kier molecular flexibility index (Phi) is 4.97. The van der Waals surface area contributed by atoms with E-state index in [4.69, 9.17) is 4.42 Å². The molecular weight excluding hydrogens is 340 g/mol. The highest BCUT2D eigenvalue weighted by Crippen LogP contribution is 2.26. The maximum Gasteiger partial charge on any atom is 0.253 e. The zero-order valence-electron chi connectivity index (χ0n) is 15.5. The molecule has 140 valence electrons. The standard InChI is InChI=1S/C22H24N2O3/c1-23-9-10-24(15-20(23)7-11-25)22(26)19-4-2-3-16(14-19)17-5-6-21-18(13-17)8-12-27-21/h2-6,8,12-14,20,25H,7,9-11,15H2,1H3/t20-/m1/s1. The summed E-state index contributed by atoms with van der Waals surface area (Å²) < 4.78 is 5.41. The van der Waals surface area contributed by atoms with Gasteiger partial charge in [-0.2, -0.15) is 0 Å². The first kappa shape index (κ1) is 17.8. The average molecular weight is 364 g/mol. The summed E-state index contributed by atoms with van der Waals surface area (Å²) in [7, 11) is 2.05. The number of nitrogens with zero attached hydrogens (tertiary/aromatic N) is 2. The minimum Gasteiger partial charge on any atom is -0.464 e. The number of piperazine rings is 1. The van der Waals surface area contributed by atoms with Crippen LogP contribution in [-0.2, 0) is 0 Å². The molecule has 0 aliphatic carbocycles. The molecule has 5 heteroatoms. The molecule has 0 unspecified atom stereocenters. The van der Waals surface area contributed by atoms with Gasteiger partial charge in [-0.15, -0.1) is 0 Å². The molecule has 1 aliphatic heterocycles. The molecule has 0 bridgehead atoms. The number of likely N-dealkylation sites (N-methyl/N-ethyl adjacent to an activating group) is 1. The molecular formula is C22H24N2O3. The number of benzene rings is 2. The zero-order chi connectivity index (χ0) is 18.8. The van der Waals surface area contributed by atoms with Gasteiger partial charge in [0.2, 0.25) is 0 Å². The quantitative estimate of drug-likeness (QED) is 0.772. The third kappa shape index (κ3) is 3.61. The van der Waals surface area contributed by atoms with E-state index in [0.29, 0.717) is 25.1 Å². The second-order valence-corrected chi connectivity index (χ2v) is 7.15. The molecule has 3 aromatic rings. The number of furan rings is 1. The van der Waals surface area contributed by atoms with Gasteiger partial charge >= 0.3 is 0 Å². The molecule has 0 spiro atoms. The molecule has 27 heavy (non-hydrogen) atoms. The summed E-state index contributed by atoms with van der Waals surface area (Å²) >= 11 is 0. The lowest BCUT2D eigenvalue weighted by Crippen LogP contribution is -2.53. The van der Waals surface area contributed by atoms with Crippen LogP contribution in [0.2, 0.25) is 0 Å². The number of fused-ring (bicyclic) bond motifs is 1. The minimum atomic E-state index is 0.0530. The minimum absolute atomic E-state index is 0.0530. The largest absolute Gasteiger partial charge is 0.464 e. The van der Waals surface area contributed by atoms with E-state index in [1.54, 1.807) is 6.26 Å². The highest BCUT2D eigenvalue weighted by atomic mass is 16.3. The van der Waals surface area contributed by atoms with E-state index >= 15 is 0 Å². The van der Waals surface area contributed by atoms with Crippen molar-refractivity contribution in [1.29, 1.82) is 0 Å². The van der Waals surface area contributed by atoms with Crippen molar-refractivity contribution in [3.8, 4) is 11.1 Å². The maximum atomic E-state index is 13.0. The molecule has 1 aliphatic rings. The first-order valence-corrected chi connectivity index (χ1v) is 9.34. The molecule has 2 aromatic carbocycles. The summed E-state index contributed by atoms with van der Waals surface area (Å²) in [5.74, 6) is 0.0530. The SMILES string of the molecule is CN1CCN(C(=O)c2cccc(-c3ccc4occc4c3)c2)C[C@H]1CCO. The van der Waals surface area contributed by atoms with Crippen LogP contribution in [-0.4, -0.2) is 60.1 Å². The first-order valence-electron chi connectivity index (χ1n) is 9.34. The molecule has 1 aromatic heterocycles. The maximum absolute atomic E-state index is 13.0. The van der Waals surface area contributed by atoms with Gasteiger partial charge in [0.25, 0.3) is 5.91 Å². The van der Waals surface area contributed by atoms with Crippen molar-refractivity contribution in [2.75, 3.05) is 33.3 Å². The Balaban J connectivity index is 1.57. The number of amides is 1. The lowest BCUT2D eigenvalue weighted by atomic mass is 10.0. The van der Waals surface area contributed by atoms with E-state index in [9.17, 15) is 9.90 Å². The number of carbonyl (C=O) groups is 1. The van der Waals surface area contributed by atoms with Crippen LogP contribution in [0.3, 0.4) is 0 Å². The highest BCUT2D eigenvalue weighted by molar-refractivity contribution is 5.96. The topological polar surface area (TPSA) is 56.9 Å². The predicted octanol–water partition coefficient (Wildman–Crippen LogP) is 3.24. The number of hydrogen-bond acceptors (Lipinski definition) is 4. The van der Waals surface area contributed by atoms with Gasteiger partial charge in [-0.3, -0.25) is 9.69 Å². The van der Waals surface area contributed by atoms with Gasteiger partial charge in [-0.25, -0.2) is 0 Å². The van der Waals surface area contributed by atoms with Crippen molar-refractivity contribution in [3.63, 3.8) is 0 Å². The van der Waals surface area contributed by atoms with E-state index in [-0.39, 0.29) is 18.6 Å². The Hall–Kier alpha value is -2.63. The molecule has 1 atom stereocenters. The van der Waals surface area contributed by atoms with Gasteiger partial charge in [-0.05, 0) is 54.9 Å². The van der Waals surface area contributed by atoms with Gasteiger partial charge in [-0.1, -0.05) is 18.2 Å². The van der Waals surface area contributed by atoms with E-state index in [0.717, 1.165) is 28.6 Å². The normalized spacial score (nSPS) is 18.1. The molecule has 4 rings (SSSR count). The predicted molar refractivity (Wildman–Crippen MR) is 106 cm³/mol. The van der Waals surface area contributed by atoms with Crippen LogP contribution in [0.15, 0.2) is 59.2 Å². The van der Waals surface area contributed by atoms with Crippen LogP contribution in [0.4, 0.5) is 0 Å². The smallest absolute Gasteiger partial charge is 0.253 e. The molecule has 1 amide bonds. The summed E-state index contributed by atoms with van der Waals surface area (Å²) in [6.07, 6.45) is 2.37.